The third-order valence-electron chi connectivity index (χ3n) is 6.21. The second-order valence-electron chi connectivity index (χ2n) is 8.84. The summed E-state index contributed by atoms with van der Waals surface area (Å²) in [4.78, 5) is 29.5. The second kappa shape index (κ2) is 10.4. The molecule has 7 nitrogen and oxygen atoms in total. The molecule has 3 N–H and O–H groups in total. The van der Waals surface area contributed by atoms with E-state index < -0.39 is 5.97 Å². The SMILES string of the molecule is Cc1cc(CCNc2ccccc2C(=O)O)c2nc(NC[C@@H](C)c3ccccc3)n(C)c(=O)c2c1. The predicted octanol–water partition coefficient (Wildman–Crippen LogP) is 4.81. The molecule has 0 aliphatic carbocycles. The van der Waals surface area contributed by atoms with Crippen molar-refractivity contribution >= 4 is 28.5 Å². The van der Waals surface area contributed by atoms with Crippen LogP contribution in [0.2, 0.25) is 0 Å². The number of benzene rings is 3. The first-order valence-electron chi connectivity index (χ1n) is 11.7. The summed E-state index contributed by atoms with van der Waals surface area (Å²) in [6.45, 7) is 5.25. The second-order valence-corrected chi connectivity index (χ2v) is 8.84. The van der Waals surface area contributed by atoms with Crippen LogP contribution >= 0.6 is 0 Å². The number of nitrogens with one attached hydrogen (secondary N) is 2. The molecular formula is C28H30N4O3. The van der Waals surface area contributed by atoms with Gasteiger partial charge in [0.25, 0.3) is 5.56 Å². The zero-order chi connectivity index (χ0) is 24.9. The van der Waals surface area contributed by atoms with E-state index in [1.807, 2.05) is 37.3 Å². The van der Waals surface area contributed by atoms with Gasteiger partial charge < -0.3 is 15.7 Å². The quantitative estimate of drug-likeness (QED) is 0.325. The highest BCUT2D eigenvalue weighted by Gasteiger charge is 2.14. The number of carboxylic acids is 1. The van der Waals surface area contributed by atoms with Crippen LogP contribution in [0.25, 0.3) is 10.9 Å². The Hall–Kier alpha value is -4.13. The molecule has 1 aromatic heterocycles. The minimum atomic E-state index is -0.972. The third kappa shape index (κ3) is 5.35. The smallest absolute Gasteiger partial charge is 0.337 e. The molecule has 0 fully saturated rings. The summed E-state index contributed by atoms with van der Waals surface area (Å²) >= 11 is 0. The van der Waals surface area contributed by atoms with Gasteiger partial charge in [0.2, 0.25) is 5.95 Å². The van der Waals surface area contributed by atoms with E-state index in [0.29, 0.717) is 42.0 Å². The van der Waals surface area contributed by atoms with Crippen LogP contribution < -0.4 is 16.2 Å². The molecule has 1 heterocycles. The number of aromatic nitrogens is 2. The Kier molecular flexibility index (Phi) is 7.15. The number of carboxylic acid groups (broad SMARTS) is 1. The van der Waals surface area contributed by atoms with Crippen LogP contribution in [0.5, 0.6) is 0 Å². The molecule has 1 atom stereocenters. The fourth-order valence-corrected chi connectivity index (χ4v) is 4.25. The summed E-state index contributed by atoms with van der Waals surface area (Å²) in [6.07, 6.45) is 0.589. The van der Waals surface area contributed by atoms with Crippen LogP contribution in [0.15, 0.2) is 71.5 Å². The topological polar surface area (TPSA) is 96.2 Å². The molecule has 35 heavy (non-hydrogen) atoms. The van der Waals surface area contributed by atoms with Gasteiger partial charge in [-0.3, -0.25) is 9.36 Å². The molecule has 0 saturated carbocycles. The van der Waals surface area contributed by atoms with Crippen LogP contribution in [0.4, 0.5) is 11.6 Å². The zero-order valence-corrected chi connectivity index (χ0v) is 20.2. The first kappa shape index (κ1) is 24.0. The molecule has 3 aromatic carbocycles. The van der Waals surface area contributed by atoms with E-state index in [2.05, 4.69) is 29.7 Å². The van der Waals surface area contributed by atoms with Crippen LogP contribution in [0, 0.1) is 6.92 Å². The van der Waals surface area contributed by atoms with E-state index in [9.17, 15) is 14.7 Å². The number of aromatic carboxylic acids is 1. The fourth-order valence-electron chi connectivity index (χ4n) is 4.25. The molecule has 0 aliphatic rings. The van der Waals surface area contributed by atoms with Crippen molar-refractivity contribution in [2.24, 2.45) is 7.05 Å². The van der Waals surface area contributed by atoms with E-state index in [1.165, 1.54) is 5.56 Å². The van der Waals surface area contributed by atoms with Crippen molar-refractivity contribution in [2.75, 3.05) is 23.7 Å². The third-order valence-corrected chi connectivity index (χ3v) is 6.21. The average Bonchev–Trinajstić information content (AvgIpc) is 2.86. The Morgan fingerprint density at radius 3 is 2.51 bits per heavy atom. The monoisotopic (exact) mass is 470 g/mol. The summed E-state index contributed by atoms with van der Waals surface area (Å²) in [6, 6.07) is 21.0. The van der Waals surface area contributed by atoms with Crippen LogP contribution in [0.3, 0.4) is 0 Å². The molecule has 0 unspecified atom stereocenters. The summed E-state index contributed by atoms with van der Waals surface area (Å²) in [5.41, 5.74) is 4.51. The maximum Gasteiger partial charge on any atom is 0.337 e. The molecular weight excluding hydrogens is 440 g/mol. The number of carbonyl (C=O) groups is 1. The van der Waals surface area contributed by atoms with Gasteiger partial charge in [-0.05, 0) is 54.2 Å². The van der Waals surface area contributed by atoms with Gasteiger partial charge in [0.1, 0.15) is 0 Å². The van der Waals surface area contributed by atoms with E-state index in [1.54, 1.807) is 35.9 Å². The normalized spacial score (nSPS) is 11.9. The van der Waals surface area contributed by atoms with E-state index >= 15 is 0 Å². The van der Waals surface area contributed by atoms with Gasteiger partial charge in [-0.25, -0.2) is 9.78 Å². The average molecular weight is 471 g/mol. The highest BCUT2D eigenvalue weighted by Crippen LogP contribution is 2.21. The van der Waals surface area contributed by atoms with Crippen molar-refractivity contribution in [3.8, 4) is 0 Å². The lowest BCUT2D eigenvalue weighted by Crippen LogP contribution is -2.24. The number of para-hydroxylation sites is 1. The Morgan fingerprint density at radius 2 is 1.77 bits per heavy atom. The first-order valence-corrected chi connectivity index (χ1v) is 11.7. The zero-order valence-electron chi connectivity index (χ0n) is 20.2. The molecule has 180 valence electrons. The summed E-state index contributed by atoms with van der Waals surface area (Å²) in [5, 5.41) is 16.6. The summed E-state index contributed by atoms with van der Waals surface area (Å²) in [5.74, 6) is -0.195. The molecule has 0 saturated heterocycles. The molecule has 4 rings (SSSR count). The van der Waals surface area contributed by atoms with E-state index in [-0.39, 0.29) is 17.0 Å². The maximum absolute atomic E-state index is 13.2. The first-order chi connectivity index (χ1) is 16.8. The van der Waals surface area contributed by atoms with E-state index in [0.717, 1.165) is 11.1 Å². The largest absolute Gasteiger partial charge is 0.478 e. The lowest BCUT2D eigenvalue weighted by molar-refractivity contribution is 0.0698. The van der Waals surface area contributed by atoms with Gasteiger partial charge in [-0.15, -0.1) is 0 Å². The minimum absolute atomic E-state index is 0.0982. The number of hydrogen-bond donors (Lipinski definition) is 3. The van der Waals surface area contributed by atoms with Gasteiger partial charge >= 0.3 is 5.97 Å². The highest BCUT2D eigenvalue weighted by molar-refractivity contribution is 5.94. The van der Waals surface area contributed by atoms with Crippen molar-refractivity contribution in [2.45, 2.75) is 26.2 Å². The number of rotatable bonds is 9. The van der Waals surface area contributed by atoms with Crippen molar-refractivity contribution in [1.82, 2.24) is 9.55 Å². The van der Waals surface area contributed by atoms with Gasteiger partial charge in [0.05, 0.1) is 16.5 Å². The standard InChI is InChI=1S/C28H30N4O3/c1-18-15-21(13-14-29-24-12-8-7-11-22(24)27(34)35)25-23(16-18)26(33)32(3)28(31-25)30-17-19(2)20-9-5-4-6-10-20/h4-12,15-16,19,29H,13-14,17H2,1-3H3,(H,30,31)(H,34,35)/t19-/m1/s1. The van der Waals surface area contributed by atoms with Crippen molar-refractivity contribution in [3.05, 3.63) is 99.3 Å². The summed E-state index contributed by atoms with van der Waals surface area (Å²) < 4.78 is 1.56. The molecule has 0 bridgehead atoms. The highest BCUT2D eigenvalue weighted by atomic mass is 16.4. The van der Waals surface area contributed by atoms with E-state index in [4.69, 9.17) is 4.98 Å². The molecule has 0 radical (unpaired) electrons. The molecule has 0 amide bonds. The van der Waals surface area contributed by atoms with Crippen LogP contribution in [0.1, 0.15) is 39.9 Å². The minimum Gasteiger partial charge on any atom is -0.478 e. The molecule has 7 heteroatoms. The Labute approximate surface area is 204 Å². The number of fused-ring (bicyclic) bond motifs is 1. The molecule has 0 spiro atoms. The van der Waals surface area contributed by atoms with Crippen molar-refractivity contribution < 1.29 is 9.90 Å². The van der Waals surface area contributed by atoms with Gasteiger partial charge in [0, 0.05) is 25.8 Å². The lowest BCUT2D eigenvalue weighted by Gasteiger charge is -2.17. The molecule has 4 aromatic rings. The number of nitrogens with zero attached hydrogens (tertiary/aromatic N) is 2. The van der Waals surface area contributed by atoms with Gasteiger partial charge in [-0.2, -0.15) is 0 Å². The molecule has 0 aliphatic heterocycles. The Bertz CT molecular complexity index is 1410. The fraction of sp³-hybridized carbons (Fsp3) is 0.250. The van der Waals surface area contributed by atoms with Crippen LogP contribution in [-0.4, -0.2) is 33.7 Å². The lowest BCUT2D eigenvalue weighted by atomic mass is 10.0. The van der Waals surface area contributed by atoms with Gasteiger partial charge in [0.15, 0.2) is 0 Å². The Balaban J connectivity index is 1.59. The predicted molar refractivity (Wildman–Crippen MR) is 141 cm³/mol. The van der Waals surface area contributed by atoms with Crippen LogP contribution in [-0.2, 0) is 13.5 Å². The number of aryl methyl sites for hydroxylation is 1. The summed E-state index contributed by atoms with van der Waals surface area (Å²) in [7, 11) is 1.73. The van der Waals surface area contributed by atoms with Crippen molar-refractivity contribution in [1.29, 1.82) is 0 Å². The van der Waals surface area contributed by atoms with Crippen molar-refractivity contribution in [3.63, 3.8) is 0 Å². The number of hydrogen-bond acceptors (Lipinski definition) is 5. The maximum atomic E-state index is 13.2. The number of anilines is 2. The Morgan fingerprint density at radius 1 is 1.06 bits per heavy atom. The van der Waals surface area contributed by atoms with Gasteiger partial charge in [-0.1, -0.05) is 55.5 Å².